The van der Waals surface area contributed by atoms with Crippen LogP contribution in [-0.2, 0) is 6.18 Å². The van der Waals surface area contributed by atoms with Gasteiger partial charge in [0.05, 0.1) is 5.56 Å². The zero-order valence-electron chi connectivity index (χ0n) is 11.8. The van der Waals surface area contributed by atoms with Crippen LogP contribution in [0.5, 0.6) is 0 Å². The van der Waals surface area contributed by atoms with Crippen LogP contribution in [0.2, 0.25) is 0 Å². The van der Waals surface area contributed by atoms with Gasteiger partial charge in [0.25, 0.3) is 0 Å². The standard InChI is InChI=1S/C14H20F4N2/c1-9(2)8-20(3)13(7-19)10-4-11(14(16,17)18)6-12(15)5-10/h4-6,9,13H,7-8,19H2,1-3H3. The van der Waals surface area contributed by atoms with Gasteiger partial charge in [0.2, 0.25) is 0 Å². The fourth-order valence-electron chi connectivity index (χ4n) is 2.24. The number of likely N-dealkylation sites (N-methyl/N-ethyl adjacent to an activating group) is 1. The van der Waals surface area contributed by atoms with Crippen LogP contribution < -0.4 is 5.73 Å². The molecule has 0 bridgehead atoms. The Balaban J connectivity index is 3.12. The summed E-state index contributed by atoms with van der Waals surface area (Å²) < 4.78 is 51.6. The maximum absolute atomic E-state index is 13.4. The minimum absolute atomic E-state index is 0.129. The molecule has 0 heterocycles. The van der Waals surface area contributed by atoms with Crippen LogP contribution in [-0.4, -0.2) is 25.0 Å². The quantitative estimate of drug-likeness (QED) is 0.842. The molecule has 0 fully saturated rings. The lowest BCUT2D eigenvalue weighted by atomic mass is 10.0. The van der Waals surface area contributed by atoms with Gasteiger partial charge in [0.15, 0.2) is 0 Å². The number of nitrogens with two attached hydrogens (primary N) is 1. The van der Waals surface area contributed by atoms with Crippen molar-refractivity contribution in [2.24, 2.45) is 11.7 Å². The topological polar surface area (TPSA) is 29.3 Å². The lowest BCUT2D eigenvalue weighted by Crippen LogP contribution is -2.33. The molecule has 0 aliphatic rings. The van der Waals surface area contributed by atoms with Crippen LogP contribution in [0.15, 0.2) is 18.2 Å². The summed E-state index contributed by atoms with van der Waals surface area (Å²) in [7, 11) is 1.77. The molecule has 0 saturated heterocycles. The molecular formula is C14H20F4N2. The minimum atomic E-state index is -4.56. The second kappa shape index (κ2) is 6.54. The van der Waals surface area contributed by atoms with Gasteiger partial charge in [-0.2, -0.15) is 13.2 Å². The zero-order valence-corrected chi connectivity index (χ0v) is 11.8. The molecule has 0 aliphatic carbocycles. The molecule has 1 aromatic rings. The van der Waals surface area contributed by atoms with Crippen LogP contribution in [0.25, 0.3) is 0 Å². The fraction of sp³-hybridized carbons (Fsp3) is 0.571. The normalized spacial score (nSPS) is 14.1. The second-order valence-electron chi connectivity index (χ2n) is 5.36. The molecule has 2 nitrogen and oxygen atoms in total. The van der Waals surface area contributed by atoms with E-state index in [9.17, 15) is 17.6 Å². The summed E-state index contributed by atoms with van der Waals surface area (Å²) in [5, 5.41) is 0. The van der Waals surface area contributed by atoms with Gasteiger partial charge >= 0.3 is 6.18 Å². The molecule has 1 atom stereocenters. The molecular weight excluding hydrogens is 272 g/mol. The smallest absolute Gasteiger partial charge is 0.329 e. The van der Waals surface area contributed by atoms with E-state index in [1.165, 1.54) is 0 Å². The van der Waals surface area contributed by atoms with E-state index >= 15 is 0 Å². The van der Waals surface area contributed by atoms with Crippen molar-refractivity contribution in [2.45, 2.75) is 26.1 Å². The Morgan fingerprint density at radius 2 is 1.80 bits per heavy atom. The summed E-state index contributed by atoms with van der Waals surface area (Å²) in [4.78, 5) is 1.85. The predicted octanol–water partition coefficient (Wildman–Crippen LogP) is 3.43. The molecule has 0 saturated carbocycles. The van der Waals surface area contributed by atoms with Gasteiger partial charge in [-0.25, -0.2) is 4.39 Å². The van der Waals surface area contributed by atoms with Crippen molar-refractivity contribution in [3.63, 3.8) is 0 Å². The van der Waals surface area contributed by atoms with E-state index in [4.69, 9.17) is 5.73 Å². The molecule has 0 aromatic heterocycles. The average molecular weight is 292 g/mol. The molecule has 2 N–H and O–H groups in total. The van der Waals surface area contributed by atoms with E-state index in [2.05, 4.69) is 0 Å². The Bertz CT molecular complexity index is 443. The highest BCUT2D eigenvalue weighted by molar-refractivity contribution is 5.29. The molecule has 0 spiro atoms. The minimum Gasteiger partial charge on any atom is -0.329 e. The van der Waals surface area contributed by atoms with E-state index < -0.39 is 23.6 Å². The van der Waals surface area contributed by atoms with Crippen molar-refractivity contribution in [1.29, 1.82) is 0 Å². The van der Waals surface area contributed by atoms with Gasteiger partial charge < -0.3 is 5.73 Å². The molecule has 6 heteroatoms. The van der Waals surface area contributed by atoms with Crippen LogP contribution in [0, 0.1) is 11.7 Å². The van der Waals surface area contributed by atoms with Crippen molar-refractivity contribution < 1.29 is 17.6 Å². The number of hydrogen-bond donors (Lipinski definition) is 1. The maximum atomic E-state index is 13.4. The average Bonchev–Trinajstić information content (AvgIpc) is 2.26. The number of benzene rings is 1. The number of alkyl halides is 3. The summed E-state index contributed by atoms with van der Waals surface area (Å²) in [6.45, 7) is 4.79. The van der Waals surface area contributed by atoms with Crippen molar-refractivity contribution in [3.8, 4) is 0 Å². The molecule has 0 radical (unpaired) electrons. The Morgan fingerprint density at radius 1 is 1.20 bits per heavy atom. The SMILES string of the molecule is CC(C)CN(C)C(CN)c1cc(F)cc(C(F)(F)F)c1. The van der Waals surface area contributed by atoms with Gasteiger partial charge in [-0.15, -0.1) is 0 Å². The van der Waals surface area contributed by atoms with Crippen LogP contribution in [0.4, 0.5) is 17.6 Å². The van der Waals surface area contributed by atoms with Gasteiger partial charge in [-0.1, -0.05) is 13.8 Å². The van der Waals surface area contributed by atoms with Crippen molar-refractivity contribution >= 4 is 0 Å². The Kier molecular flexibility index (Phi) is 5.53. The molecule has 114 valence electrons. The monoisotopic (exact) mass is 292 g/mol. The molecule has 1 aromatic carbocycles. The van der Waals surface area contributed by atoms with E-state index in [0.29, 0.717) is 18.5 Å². The molecule has 20 heavy (non-hydrogen) atoms. The second-order valence-corrected chi connectivity index (χ2v) is 5.36. The molecule has 1 rings (SSSR count). The summed E-state index contributed by atoms with van der Waals surface area (Å²) in [5.41, 5.74) is 4.92. The number of hydrogen-bond acceptors (Lipinski definition) is 2. The van der Waals surface area contributed by atoms with Crippen LogP contribution in [0.3, 0.4) is 0 Å². The summed E-state index contributed by atoms with van der Waals surface area (Å²) in [6, 6.07) is 2.15. The Hall–Kier alpha value is -1.14. The first kappa shape index (κ1) is 16.9. The molecule has 0 aliphatic heterocycles. The van der Waals surface area contributed by atoms with Crippen LogP contribution >= 0.6 is 0 Å². The highest BCUT2D eigenvalue weighted by Gasteiger charge is 2.32. The van der Waals surface area contributed by atoms with E-state index in [0.717, 1.165) is 12.1 Å². The third kappa shape index (κ3) is 4.45. The Labute approximate surface area is 116 Å². The van der Waals surface area contributed by atoms with Crippen molar-refractivity contribution in [1.82, 2.24) is 4.90 Å². The van der Waals surface area contributed by atoms with Gasteiger partial charge in [0.1, 0.15) is 5.82 Å². The number of halogens is 4. The first-order valence-electron chi connectivity index (χ1n) is 6.43. The number of rotatable bonds is 5. The lowest BCUT2D eigenvalue weighted by molar-refractivity contribution is -0.137. The van der Waals surface area contributed by atoms with Crippen LogP contribution in [0.1, 0.15) is 31.0 Å². The highest BCUT2D eigenvalue weighted by atomic mass is 19.4. The predicted molar refractivity (Wildman–Crippen MR) is 70.7 cm³/mol. The maximum Gasteiger partial charge on any atom is 0.416 e. The van der Waals surface area contributed by atoms with Crippen molar-refractivity contribution in [3.05, 3.63) is 35.1 Å². The van der Waals surface area contributed by atoms with Gasteiger partial charge in [-0.3, -0.25) is 4.90 Å². The fourth-order valence-corrected chi connectivity index (χ4v) is 2.24. The first-order chi connectivity index (χ1) is 9.15. The third-order valence-electron chi connectivity index (χ3n) is 3.04. The lowest BCUT2D eigenvalue weighted by Gasteiger charge is -2.29. The van der Waals surface area contributed by atoms with Gasteiger partial charge in [-0.05, 0) is 36.7 Å². The zero-order chi connectivity index (χ0) is 15.5. The summed E-state index contributed by atoms with van der Waals surface area (Å²) >= 11 is 0. The summed E-state index contributed by atoms with van der Waals surface area (Å²) in [5.74, 6) is -0.559. The highest BCUT2D eigenvalue weighted by Crippen LogP contribution is 2.32. The van der Waals surface area contributed by atoms with Crippen molar-refractivity contribution in [2.75, 3.05) is 20.1 Å². The number of nitrogens with zero attached hydrogens (tertiary/aromatic N) is 1. The largest absolute Gasteiger partial charge is 0.416 e. The molecule has 0 amide bonds. The van der Waals surface area contributed by atoms with E-state index in [1.807, 2.05) is 18.7 Å². The molecule has 1 unspecified atom stereocenters. The Morgan fingerprint density at radius 3 is 2.25 bits per heavy atom. The van der Waals surface area contributed by atoms with E-state index in [1.54, 1.807) is 7.05 Å². The summed E-state index contributed by atoms with van der Waals surface area (Å²) in [6.07, 6.45) is -4.56. The van der Waals surface area contributed by atoms with E-state index in [-0.39, 0.29) is 12.1 Å². The first-order valence-corrected chi connectivity index (χ1v) is 6.43. The van der Waals surface area contributed by atoms with Gasteiger partial charge in [0, 0.05) is 19.1 Å². The third-order valence-corrected chi connectivity index (χ3v) is 3.04.